The highest BCUT2D eigenvalue weighted by Crippen LogP contribution is 2.37. The van der Waals surface area contributed by atoms with Crippen LogP contribution in [0.1, 0.15) is 122 Å². The van der Waals surface area contributed by atoms with Gasteiger partial charge in [0.25, 0.3) is 0 Å². The van der Waals surface area contributed by atoms with Gasteiger partial charge in [-0.2, -0.15) is 0 Å². The van der Waals surface area contributed by atoms with E-state index in [1.54, 1.807) is 54.6 Å². The average Bonchev–Trinajstić information content (AvgIpc) is 3.12. The van der Waals surface area contributed by atoms with Crippen LogP contribution in [0.25, 0.3) is 0 Å². The number of phenolic OH excluding ortho intramolecular Hbond substituents is 2. The van der Waals surface area contributed by atoms with Crippen molar-refractivity contribution in [3.8, 4) is 23.0 Å². The lowest BCUT2D eigenvalue weighted by Gasteiger charge is -2.21. The molecule has 0 fully saturated rings. The quantitative estimate of drug-likeness (QED) is 0.0641. The van der Waals surface area contributed by atoms with Gasteiger partial charge < -0.3 is 19.7 Å². The first-order valence-electron chi connectivity index (χ1n) is 18.1. The van der Waals surface area contributed by atoms with Gasteiger partial charge in [0.15, 0.2) is 11.6 Å². The van der Waals surface area contributed by atoms with Crippen molar-refractivity contribution in [2.24, 2.45) is 5.92 Å². The lowest BCUT2D eigenvalue weighted by molar-refractivity contribution is 0.102. The Labute approximate surface area is 292 Å². The zero-order valence-electron chi connectivity index (χ0n) is 29.2. The number of ketones is 2. The van der Waals surface area contributed by atoms with E-state index in [0.29, 0.717) is 54.2 Å². The minimum atomic E-state index is -0.247. The number of hydrogen-bond donors (Lipinski definition) is 2. The molecule has 0 bridgehead atoms. The molecule has 0 spiro atoms. The number of benzene rings is 4. The van der Waals surface area contributed by atoms with Crippen molar-refractivity contribution in [1.29, 1.82) is 0 Å². The zero-order valence-corrected chi connectivity index (χ0v) is 29.2. The number of unbranched alkanes of at least 4 members (excludes halogenated alkanes) is 7. The molecular weight excluding hydrogens is 612 g/mol. The lowest BCUT2D eigenvalue weighted by Crippen LogP contribution is -2.13. The van der Waals surface area contributed by atoms with Crippen molar-refractivity contribution in [3.63, 3.8) is 0 Å². The van der Waals surface area contributed by atoms with Crippen LogP contribution in [0.5, 0.6) is 23.0 Å². The molecule has 0 aliphatic rings. The van der Waals surface area contributed by atoms with Crippen LogP contribution in [-0.4, -0.2) is 35.0 Å². The number of aromatic hydroxyl groups is 2. The fraction of sp³-hybridized carbons (Fsp3) is 0.395. The summed E-state index contributed by atoms with van der Waals surface area (Å²) in [5, 5.41) is 22.3. The first-order valence-corrected chi connectivity index (χ1v) is 18.1. The molecular formula is C43H52O6. The summed E-state index contributed by atoms with van der Waals surface area (Å²) < 4.78 is 12.4. The van der Waals surface area contributed by atoms with Crippen molar-refractivity contribution >= 4 is 11.6 Å². The minimum absolute atomic E-state index is 0.0145. The number of carbonyl (C=O) groups is 2. The van der Waals surface area contributed by atoms with Crippen LogP contribution in [0, 0.1) is 5.92 Å². The Bertz CT molecular complexity index is 1600. The number of hydrogen-bond acceptors (Lipinski definition) is 6. The molecule has 49 heavy (non-hydrogen) atoms. The molecule has 0 aliphatic carbocycles. The summed E-state index contributed by atoms with van der Waals surface area (Å²) in [5.41, 5.74) is 2.20. The maximum Gasteiger partial charge on any atom is 0.196 e. The van der Waals surface area contributed by atoms with Gasteiger partial charge in [-0.15, -0.1) is 0 Å². The second-order valence-corrected chi connectivity index (χ2v) is 12.8. The summed E-state index contributed by atoms with van der Waals surface area (Å²) >= 11 is 0. The minimum Gasteiger partial charge on any atom is -0.507 e. The summed E-state index contributed by atoms with van der Waals surface area (Å²) in [4.78, 5) is 26.3. The number of ether oxygens (including phenoxy) is 2. The third kappa shape index (κ3) is 11.2. The average molecular weight is 665 g/mol. The van der Waals surface area contributed by atoms with Crippen LogP contribution >= 0.6 is 0 Å². The molecule has 260 valence electrons. The Kier molecular flexibility index (Phi) is 15.2. The van der Waals surface area contributed by atoms with Crippen LogP contribution in [0.3, 0.4) is 0 Å². The van der Waals surface area contributed by atoms with Crippen molar-refractivity contribution in [3.05, 3.63) is 119 Å². The fourth-order valence-electron chi connectivity index (χ4n) is 6.14. The highest BCUT2D eigenvalue weighted by atomic mass is 16.5. The van der Waals surface area contributed by atoms with Gasteiger partial charge in [0.2, 0.25) is 0 Å². The first-order chi connectivity index (χ1) is 23.9. The summed E-state index contributed by atoms with van der Waals surface area (Å²) in [7, 11) is 0. The normalized spacial score (nSPS) is 11.6. The van der Waals surface area contributed by atoms with Crippen molar-refractivity contribution < 1.29 is 29.3 Å². The van der Waals surface area contributed by atoms with E-state index in [2.05, 4.69) is 13.8 Å². The Balaban J connectivity index is 1.49. The monoisotopic (exact) mass is 664 g/mol. The van der Waals surface area contributed by atoms with Crippen LogP contribution in [0.4, 0.5) is 0 Å². The van der Waals surface area contributed by atoms with E-state index in [0.717, 1.165) is 38.5 Å². The van der Waals surface area contributed by atoms with Crippen molar-refractivity contribution in [2.45, 2.75) is 90.9 Å². The Hall–Kier alpha value is -4.58. The predicted molar refractivity (Wildman–Crippen MR) is 196 cm³/mol. The Morgan fingerprint density at radius 3 is 1.86 bits per heavy atom. The number of phenols is 2. The van der Waals surface area contributed by atoms with E-state index in [9.17, 15) is 19.8 Å². The molecule has 4 rings (SSSR count). The molecule has 0 radical (unpaired) electrons. The maximum atomic E-state index is 13.5. The molecule has 1 atom stereocenters. The molecule has 2 N–H and O–H groups in total. The second kappa shape index (κ2) is 20.1. The Morgan fingerprint density at radius 2 is 1.20 bits per heavy atom. The van der Waals surface area contributed by atoms with Gasteiger partial charge >= 0.3 is 0 Å². The standard InChI is InChI=1S/C43H52O6/c1-3-5-7-8-9-17-28-49-40-26-25-37(42(46)34-21-15-11-16-22-34)43(47)38(40)30-32(18-12-6-4-2)27-29-48-35-23-24-36(39(44)31-35)41(45)33-19-13-10-14-20-33/h10-11,13-16,19-26,31-32,44,47H,3-9,12,17-18,27-30H2,1-2H3. The molecule has 4 aromatic carbocycles. The van der Waals surface area contributed by atoms with Gasteiger partial charge in [0.1, 0.15) is 23.0 Å². The van der Waals surface area contributed by atoms with Crippen LogP contribution in [-0.2, 0) is 6.42 Å². The van der Waals surface area contributed by atoms with Gasteiger partial charge in [-0.05, 0) is 55.9 Å². The zero-order chi connectivity index (χ0) is 34.8. The topological polar surface area (TPSA) is 93.1 Å². The molecule has 0 amide bonds. The summed E-state index contributed by atoms with van der Waals surface area (Å²) in [6, 6.07) is 26.2. The van der Waals surface area contributed by atoms with Crippen molar-refractivity contribution in [1.82, 2.24) is 0 Å². The van der Waals surface area contributed by atoms with E-state index < -0.39 is 0 Å². The molecule has 1 unspecified atom stereocenters. The molecule has 0 aromatic heterocycles. The largest absolute Gasteiger partial charge is 0.507 e. The van der Waals surface area contributed by atoms with Crippen molar-refractivity contribution in [2.75, 3.05) is 13.2 Å². The Morgan fingerprint density at radius 1 is 0.612 bits per heavy atom. The van der Waals surface area contributed by atoms with Crippen LogP contribution in [0.2, 0.25) is 0 Å². The summed E-state index contributed by atoms with van der Waals surface area (Å²) in [5.74, 6) is 0.659. The van der Waals surface area contributed by atoms with E-state index in [-0.39, 0.29) is 40.1 Å². The molecule has 4 aromatic rings. The van der Waals surface area contributed by atoms with Gasteiger partial charge in [0.05, 0.1) is 24.3 Å². The van der Waals surface area contributed by atoms with Gasteiger partial charge in [-0.25, -0.2) is 0 Å². The SMILES string of the molecule is CCCCCCCCOc1ccc(C(=O)c2ccccc2)c(O)c1CC(CCCCC)CCOc1ccc(C(=O)c2ccccc2)c(O)c1. The third-order valence-electron chi connectivity index (χ3n) is 9.03. The number of rotatable bonds is 22. The summed E-state index contributed by atoms with van der Waals surface area (Å²) in [6.07, 6.45) is 12.3. The van der Waals surface area contributed by atoms with E-state index in [1.807, 2.05) is 30.3 Å². The fourth-order valence-corrected chi connectivity index (χ4v) is 6.14. The van der Waals surface area contributed by atoms with Gasteiger partial charge in [-0.3, -0.25) is 9.59 Å². The molecule has 6 heteroatoms. The first kappa shape index (κ1) is 37.2. The van der Waals surface area contributed by atoms with Crippen LogP contribution < -0.4 is 9.47 Å². The van der Waals surface area contributed by atoms with E-state index >= 15 is 0 Å². The molecule has 0 saturated carbocycles. The van der Waals surface area contributed by atoms with Gasteiger partial charge in [0, 0.05) is 22.8 Å². The smallest absolute Gasteiger partial charge is 0.196 e. The van der Waals surface area contributed by atoms with E-state index in [4.69, 9.17) is 9.47 Å². The molecule has 0 saturated heterocycles. The predicted octanol–water partition coefficient (Wildman–Crippen LogP) is 10.5. The van der Waals surface area contributed by atoms with Crippen LogP contribution in [0.15, 0.2) is 91.0 Å². The highest BCUT2D eigenvalue weighted by Gasteiger charge is 2.23. The second-order valence-electron chi connectivity index (χ2n) is 12.8. The molecule has 6 nitrogen and oxygen atoms in total. The lowest BCUT2D eigenvalue weighted by atomic mass is 9.88. The third-order valence-corrected chi connectivity index (χ3v) is 9.03. The highest BCUT2D eigenvalue weighted by molar-refractivity contribution is 6.11. The maximum absolute atomic E-state index is 13.5. The molecule has 0 heterocycles. The van der Waals surface area contributed by atoms with Gasteiger partial charge in [-0.1, -0.05) is 126 Å². The summed E-state index contributed by atoms with van der Waals surface area (Å²) in [6.45, 7) is 5.33. The number of carbonyl (C=O) groups excluding carboxylic acids is 2. The van der Waals surface area contributed by atoms with E-state index in [1.165, 1.54) is 31.7 Å². The molecule has 0 aliphatic heterocycles.